The molecule has 0 atom stereocenters. The molecule has 2 heterocycles. The summed E-state index contributed by atoms with van der Waals surface area (Å²) in [6.07, 6.45) is 2.69. The largest absolute Gasteiger partial charge is 0.457 e. The lowest BCUT2D eigenvalue weighted by Gasteiger charge is -1.98. The number of carbonyl (C=O) groups is 1. The number of hydrogen-bond donors (Lipinski definition) is 0. The highest BCUT2D eigenvalue weighted by molar-refractivity contribution is 5.86. The number of rotatable bonds is 5. The molecule has 0 bridgehead atoms. The van der Waals surface area contributed by atoms with Crippen molar-refractivity contribution in [3.8, 4) is 11.3 Å². The van der Waals surface area contributed by atoms with Crippen molar-refractivity contribution in [2.24, 2.45) is 0 Å². The Morgan fingerprint density at radius 3 is 2.88 bits per heavy atom. The van der Waals surface area contributed by atoms with Crippen LogP contribution in [-0.4, -0.2) is 11.1 Å². The number of carbonyl (C=O) groups excluding carboxylic acids is 1. The van der Waals surface area contributed by atoms with Crippen molar-refractivity contribution in [2.75, 3.05) is 0 Å². The molecule has 3 aromatic rings. The number of benzene rings is 1. The van der Waals surface area contributed by atoms with Gasteiger partial charge in [-0.05, 0) is 37.3 Å². The predicted molar refractivity (Wildman–Crippen MR) is 84.2 cm³/mol. The summed E-state index contributed by atoms with van der Waals surface area (Å²) in [7, 11) is 0. The lowest BCUT2D eigenvalue weighted by Crippen LogP contribution is -1.99. The third kappa shape index (κ3) is 3.78. The maximum atomic E-state index is 13.7. The van der Waals surface area contributed by atoms with E-state index in [9.17, 15) is 9.18 Å². The molecular formula is C18H14FNO4. The predicted octanol–water partition coefficient (Wildman–Crippen LogP) is 4.14. The quantitative estimate of drug-likeness (QED) is 0.520. The number of halogens is 1. The van der Waals surface area contributed by atoms with E-state index in [1.807, 2.05) is 0 Å². The van der Waals surface area contributed by atoms with Crippen LogP contribution >= 0.6 is 0 Å². The van der Waals surface area contributed by atoms with Gasteiger partial charge in [0.1, 0.15) is 17.3 Å². The molecule has 3 rings (SSSR count). The third-order valence-electron chi connectivity index (χ3n) is 3.18. The SMILES string of the molecule is Cc1cc(COC(=O)/C=C/c2ccc(-c3ccccc3F)o2)on1. The Bertz CT molecular complexity index is 879. The van der Waals surface area contributed by atoms with Crippen molar-refractivity contribution in [1.82, 2.24) is 5.16 Å². The Morgan fingerprint density at radius 2 is 2.12 bits per heavy atom. The van der Waals surface area contributed by atoms with E-state index >= 15 is 0 Å². The molecule has 24 heavy (non-hydrogen) atoms. The van der Waals surface area contributed by atoms with E-state index in [0.717, 1.165) is 0 Å². The lowest BCUT2D eigenvalue weighted by molar-refractivity contribution is -0.139. The lowest BCUT2D eigenvalue weighted by atomic mass is 10.1. The summed E-state index contributed by atoms with van der Waals surface area (Å²) in [6, 6.07) is 11.3. The Morgan fingerprint density at radius 1 is 1.29 bits per heavy atom. The zero-order valence-electron chi connectivity index (χ0n) is 12.9. The minimum atomic E-state index is -0.548. The molecule has 0 aliphatic carbocycles. The first-order valence-electron chi connectivity index (χ1n) is 7.23. The van der Waals surface area contributed by atoms with Gasteiger partial charge in [0.25, 0.3) is 0 Å². The number of furan rings is 1. The second-order valence-corrected chi connectivity index (χ2v) is 5.06. The van der Waals surface area contributed by atoms with Gasteiger partial charge < -0.3 is 13.7 Å². The average Bonchev–Trinajstić information content (AvgIpc) is 3.20. The molecule has 122 valence electrons. The molecule has 1 aromatic carbocycles. The molecule has 0 radical (unpaired) electrons. The zero-order chi connectivity index (χ0) is 16.9. The van der Waals surface area contributed by atoms with Crippen LogP contribution in [0.2, 0.25) is 0 Å². The Labute approximate surface area is 137 Å². The Kier molecular flexibility index (Phi) is 4.56. The maximum absolute atomic E-state index is 13.7. The van der Waals surface area contributed by atoms with Crippen LogP contribution in [0.1, 0.15) is 17.2 Å². The average molecular weight is 327 g/mol. The second-order valence-electron chi connectivity index (χ2n) is 5.06. The summed E-state index contributed by atoms with van der Waals surface area (Å²) in [4.78, 5) is 11.7. The van der Waals surface area contributed by atoms with Crippen molar-refractivity contribution >= 4 is 12.0 Å². The van der Waals surface area contributed by atoms with Crippen molar-refractivity contribution in [2.45, 2.75) is 13.5 Å². The van der Waals surface area contributed by atoms with Gasteiger partial charge in [-0.25, -0.2) is 9.18 Å². The molecule has 0 aliphatic heterocycles. The molecule has 0 N–H and O–H groups in total. The molecule has 6 heteroatoms. The fourth-order valence-corrected chi connectivity index (χ4v) is 2.07. The number of hydrogen-bond acceptors (Lipinski definition) is 5. The summed E-state index contributed by atoms with van der Waals surface area (Å²) in [5, 5.41) is 3.70. The third-order valence-corrected chi connectivity index (χ3v) is 3.18. The minimum Gasteiger partial charge on any atom is -0.457 e. The number of aromatic nitrogens is 1. The van der Waals surface area contributed by atoms with Crippen LogP contribution in [0, 0.1) is 12.7 Å². The molecule has 5 nitrogen and oxygen atoms in total. The summed E-state index contributed by atoms with van der Waals surface area (Å²) >= 11 is 0. The van der Waals surface area contributed by atoms with E-state index < -0.39 is 5.97 Å². The van der Waals surface area contributed by atoms with Crippen molar-refractivity contribution < 1.29 is 22.9 Å². The topological polar surface area (TPSA) is 65.5 Å². The van der Waals surface area contributed by atoms with Gasteiger partial charge >= 0.3 is 5.97 Å². The molecular weight excluding hydrogens is 313 g/mol. The molecule has 0 unspecified atom stereocenters. The number of nitrogens with zero attached hydrogens (tertiary/aromatic N) is 1. The fourth-order valence-electron chi connectivity index (χ4n) is 2.07. The molecule has 0 saturated heterocycles. The first-order chi connectivity index (χ1) is 11.6. The molecule has 0 saturated carbocycles. The van der Waals surface area contributed by atoms with Gasteiger partial charge in [-0.3, -0.25) is 0 Å². The molecule has 0 fully saturated rings. The first kappa shape index (κ1) is 15.7. The van der Waals surface area contributed by atoms with Gasteiger partial charge in [0.2, 0.25) is 0 Å². The highest BCUT2D eigenvalue weighted by Crippen LogP contribution is 2.25. The van der Waals surface area contributed by atoms with E-state index in [-0.39, 0.29) is 12.4 Å². The maximum Gasteiger partial charge on any atom is 0.331 e. The van der Waals surface area contributed by atoms with Crippen LogP contribution in [0.25, 0.3) is 17.4 Å². The minimum absolute atomic E-state index is 0.00262. The monoisotopic (exact) mass is 327 g/mol. The van der Waals surface area contributed by atoms with Crippen LogP contribution in [0.15, 0.2) is 57.5 Å². The van der Waals surface area contributed by atoms with Crippen LogP contribution in [0.4, 0.5) is 4.39 Å². The normalized spacial score (nSPS) is 11.1. The summed E-state index contributed by atoms with van der Waals surface area (Å²) in [6.45, 7) is 1.78. The van der Waals surface area contributed by atoms with Gasteiger partial charge in [0.15, 0.2) is 12.4 Å². The number of aryl methyl sites for hydroxylation is 1. The molecule has 0 aliphatic rings. The summed E-state index contributed by atoms with van der Waals surface area (Å²) < 4.78 is 29.1. The van der Waals surface area contributed by atoms with Crippen molar-refractivity contribution in [1.29, 1.82) is 0 Å². The van der Waals surface area contributed by atoms with Gasteiger partial charge in [-0.1, -0.05) is 17.3 Å². The van der Waals surface area contributed by atoms with Crippen LogP contribution in [-0.2, 0) is 16.1 Å². The summed E-state index contributed by atoms with van der Waals surface area (Å²) in [5.41, 5.74) is 1.08. The fraction of sp³-hybridized carbons (Fsp3) is 0.111. The van der Waals surface area contributed by atoms with Gasteiger partial charge in [-0.15, -0.1) is 0 Å². The molecule has 0 spiro atoms. The summed E-state index contributed by atoms with van der Waals surface area (Å²) in [5.74, 6) is 0.352. The Hall–Kier alpha value is -3.15. The van der Waals surface area contributed by atoms with Gasteiger partial charge in [0.05, 0.1) is 11.3 Å². The zero-order valence-corrected chi connectivity index (χ0v) is 12.9. The highest BCUT2D eigenvalue weighted by Gasteiger charge is 2.08. The van der Waals surface area contributed by atoms with Crippen LogP contribution < -0.4 is 0 Å². The first-order valence-corrected chi connectivity index (χ1v) is 7.23. The molecule has 2 aromatic heterocycles. The number of esters is 1. The van der Waals surface area contributed by atoms with E-state index in [1.165, 1.54) is 18.2 Å². The van der Waals surface area contributed by atoms with E-state index in [2.05, 4.69) is 5.16 Å². The van der Waals surface area contributed by atoms with E-state index in [1.54, 1.807) is 43.3 Å². The van der Waals surface area contributed by atoms with E-state index in [4.69, 9.17) is 13.7 Å². The smallest absolute Gasteiger partial charge is 0.331 e. The standard InChI is InChI=1S/C18H14FNO4/c1-12-10-14(24-20-12)11-22-18(21)9-7-13-6-8-17(23-13)15-4-2-3-5-16(15)19/h2-10H,11H2,1H3/b9-7+. The second kappa shape index (κ2) is 6.95. The van der Waals surface area contributed by atoms with Gasteiger partial charge in [0, 0.05) is 12.1 Å². The van der Waals surface area contributed by atoms with Crippen molar-refractivity contribution in [3.63, 3.8) is 0 Å². The Balaban J connectivity index is 1.60. The van der Waals surface area contributed by atoms with Crippen molar-refractivity contribution in [3.05, 3.63) is 71.6 Å². The highest BCUT2D eigenvalue weighted by atomic mass is 19.1. The van der Waals surface area contributed by atoms with Crippen LogP contribution in [0.5, 0.6) is 0 Å². The van der Waals surface area contributed by atoms with Gasteiger partial charge in [-0.2, -0.15) is 0 Å². The number of ether oxygens (including phenoxy) is 1. The van der Waals surface area contributed by atoms with Crippen LogP contribution in [0.3, 0.4) is 0 Å². The molecule has 0 amide bonds. The van der Waals surface area contributed by atoms with E-state index in [0.29, 0.717) is 28.5 Å².